The van der Waals surface area contributed by atoms with E-state index in [0.717, 1.165) is 40.8 Å². The Balaban J connectivity index is 1.21. The van der Waals surface area contributed by atoms with Gasteiger partial charge in [-0.3, -0.25) is 4.98 Å². The third kappa shape index (κ3) is 4.62. The minimum Gasteiger partial charge on any atom is -0.383 e. The summed E-state index contributed by atoms with van der Waals surface area (Å²) < 4.78 is 0. The molecule has 1 aromatic carbocycles. The monoisotopic (exact) mass is 530 g/mol. The molecule has 0 amide bonds. The second kappa shape index (κ2) is 9.78. The highest BCUT2D eigenvalue weighted by atomic mass is 15.1. The molecule has 2 aliphatic rings. The standard InChI is InChI=1S/C32H34N8/c1-32(2)12-10-24(36-18-32)22-15-28(37-25-9-4-3-8-21(22)25)39-27-14-20(11-13-35-27)31-38-26-17-34-16-23(19-6-5-7-19)29(26)30(33)40-31/h3-4,8-9,11,13-17,19,24,36H,5-7,10,12,18H2,1-2H3,(H2,33,38,40)(H,35,37,39). The van der Waals surface area contributed by atoms with Crippen molar-refractivity contribution in [3.63, 3.8) is 0 Å². The highest BCUT2D eigenvalue weighted by Gasteiger charge is 2.28. The number of fused-ring (bicyclic) bond motifs is 2. The van der Waals surface area contributed by atoms with E-state index in [4.69, 9.17) is 20.7 Å². The molecule has 8 heteroatoms. The maximum absolute atomic E-state index is 6.50. The van der Waals surface area contributed by atoms with E-state index in [0.29, 0.717) is 28.8 Å². The van der Waals surface area contributed by atoms with Gasteiger partial charge in [-0.1, -0.05) is 38.5 Å². The number of aromatic nitrogens is 5. The van der Waals surface area contributed by atoms with Gasteiger partial charge >= 0.3 is 0 Å². The van der Waals surface area contributed by atoms with Crippen molar-refractivity contribution in [2.24, 2.45) is 5.41 Å². The van der Waals surface area contributed by atoms with E-state index in [9.17, 15) is 0 Å². The fraction of sp³-hybridized carbons (Fsp3) is 0.344. The number of para-hydroxylation sites is 1. The predicted molar refractivity (Wildman–Crippen MR) is 160 cm³/mol. The van der Waals surface area contributed by atoms with Gasteiger partial charge in [0.25, 0.3) is 0 Å². The summed E-state index contributed by atoms with van der Waals surface area (Å²) in [6.07, 6.45) is 11.3. The molecule has 0 bridgehead atoms. The van der Waals surface area contributed by atoms with Crippen LogP contribution in [0.25, 0.3) is 33.2 Å². The van der Waals surface area contributed by atoms with Crippen molar-refractivity contribution in [3.05, 3.63) is 72.2 Å². The van der Waals surface area contributed by atoms with E-state index in [1.807, 2.05) is 24.4 Å². The minimum atomic E-state index is 0.285. The zero-order valence-corrected chi connectivity index (χ0v) is 23.0. The maximum atomic E-state index is 6.50. The second-order valence-corrected chi connectivity index (χ2v) is 12.0. The fourth-order valence-corrected chi connectivity index (χ4v) is 6.01. The van der Waals surface area contributed by atoms with Gasteiger partial charge in [-0.25, -0.2) is 19.9 Å². The highest BCUT2D eigenvalue weighted by molar-refractivity contribution is 5.92. The molecule has 7 rings (SSSR count). The summed E-state index contributed by atoms with van der Waals surface area (Å²) in [4.78, 5) is 23.5. The third-order valence-corrected chi connectivity index (χ3v) is 8.54. The molecule has 202 valence electrons. The number of nitrogen functional groups attached to an aromatic ring is 1. The Morgan fingerprint density at radius 3 is 2.60 bits per heavy atom. The van der Waals surface area contributed by atoms with Crippen molar-refractivity contribution in [1.82, 2.24) is 30.2 Å². The molecule has 5 aromatic rings. The van der Waals surface area contributed by atoms with Gasteiger partial charge in [-0.15, -0.1) is 0 Å². The van der Waals surface area contributed by atoms with Gasteiger partial charge in [0.1, 0.15) is 17.5 Å². The van der Waals surface area contributed by atoms with Crippen molar-refractivity contribution in [3.8, 4) is 11.4 Å². The Hall–Kier alpha value is -4.17. The van der Waals surface area contributed by atoms with E-state index in [1.54, 1.807) is 12.4 Å². The molecule has 1 unspecified atom stereocenters. The van der Waals surface area contributed by atoms with Crippen LogP contribution >= 0.6 is 0 Å². The minimum absolute atomic E-state index is 0.285. The zero-order valence-electron chi connectivity index (χ0n) is 23.0. The zero-order chi connectivity index (χ0) is 27.3. The number of hydrogen-bond donors (Lipinski definition) is 3. The molecule has 1 saturated heterocycles. The van der Waals surface area contributed by atoms with Crippen LogP contribution in [0.2, 0.25) is 0 Å². The van der Waals surface area contributed by atoms with Crippen LogP contribution in [0.1, 0.15) is 69.0 Å². The van der Waals surface area contributed by atoms with Crippen LogP contribution in [0.15, 0.2) is 61.1 Å². The van der Waals surface area contributed by atoms with E-state index in [2.05, 4.69) is 58.7 Å². The largest absolute Gasteiger partial charge is 0.383 e. The molecule has 4 N–H and O–H groups in total. The molecular weight excluding hydrogens is 496 g/mol. The third-order valence-electron chi connectivity index (χ3n) is 8.54. The topological polar surface area (TPSA) is 115 Å². The van der Waals surface area contributed by atoms with Crippen LogP contribution in [-0.2, 0) is 0 Å². The first-order valence-electron chi connectivity index (χ1n) is 14.2. The van der Waals surface area contributed by atoms with E-state index < -0.39 is 0 Å². The van der Waals surface area contributed by atoms with Crippen LogP contribution < -0.4 is 16.4 Å². The summed E-state index contributed by atoms with van der Waals surface area (Å²) in [5, 5.41) is 9.33. The van der Waals surface area contributed by atoms with E-state index in [1.165, 1.54) is 42.2 Å². The summed E-state index contributed by atoms with van der Waals surface area (Å²) in [5.41, 5.74) is 11.8. The summed E-state index contributed by atoms with van der Waals surface area (Å²) >= 11 is 0. The van der Waals surface area contributed by atoms with Gasteiger partial charge in [0.05, 0.1) is 17.2 Å². The first-order valence-corrected chi connectivity index (χ1v) is 14.2. The number of hydrogen-bond acceptors (Lipinski definition) is 8. The molecule has 40 heavy (non-hydrogen) atoms. The molecule has 8 nitrogen and oxygen atoms in total. The first-order chi connectivity index (χ1) is 19.4. The quantitative estimate of drug-likeness (QED) is 0.231. The predicted octanol–water partition coefficient (Wildman–Crippen LogP) is 6.68. The van der Waals surface area contributed by atoms with Gasteiger partial charge in [0.15, 0.2) is 5.82 Å². The molecule has 1 aliphatic carbocycles. The van der Waals surface area contributed by atoms with Crippen molar-refractivity contribution in [2.45, 2.75) is 57.9 Å². The van der Waals surface area contributed by atoms with Crippen LogP contribution in [0.3, 0.4) is 0 Å². The lowest BCUT2D eigenvalue weighted by atomic mass is 9.79. The molecule has 4 aromatic heterocycles. The number of nitrogens with zero attached hydrogens (tertiary/aromatic N) is 5. The van der Waals surface area contributed by atoms with Crippen molar-refractivity contribution in [2.75, 3.05) is 17.6 Å². The second-order valence-electron chi connectivity index (χ2n) is 12.0. The lowest BCUT2D eigenvalue weighted by molar-refractivity contribution is 0.224. The smallest absolute Gasteiger partial charge is 0.162 e. The summed E-state index contributed by atoms with van der Waals surface area (Å²) in [6, 6.07) is 14.6. The lowest BCUT2D eigenvalue weighted by Crippen LogP contribution is -2.38. The fourth-order valence-electron chi connectivity index (χ4n) is 6.01. The van der Waals surface area contributed by atoms with Crippen LogP contribution in [-0.4, -0.2) is 31.5 Å². The SMILES string of the molecule is CC1(C)CCC(c2cc(Nc3cc(-c4nc(N)c5c(C6CCC6)cncc5n4)ccn3)nc3ccccc23)NC1. The average Bonchev–Trinajstić information content (AvgIpc) is 2.92. The van der Waals surface area contributed by atoms with Crippen molar-refractivity contribution >= 4 is 39.3 Å². The van der Waals surface area contributed by atoms with Crippen LogP contribution in [0.4, 0.5) is 17.5 Å². The van der Waals surface area contributed by atoms with Gasteiger partial charge in [0.2, 0.25) is 0 Å². The Morgan fingerprint density at radius 1 is 0.925 bits per heavy atom. The average molecular weight is 531 g/mol. The normalized spacial score (nSPS) is 19.0. The van der Waals surface area contributed by atoms with Gasteiger partial charge in [-0.05, 0) is 72.4 Å². The van der Waals surface area contributed by atoms with Gasteiger partial charge in [-0.2, -0.15) is 0 Å². The molecule has 1 saturated carbocycles. The maximum Gasteiger partial charge on any atom is 0.162 e. The molecule has 1 aliphatic heterocycles. The number of rotatable bonds is 5. The summed E-state index contributed by atoms with van der Waals surface area (Å²) in [5.74, 6) is 2.99. The number of pyridine rings is 3. The Labute approximate surface area is 233 Å². The van der Waals surface area contributed by atoms with E-state index in [-0.39, 0.29) is 6.04 Å². The number of anilines is 3. The number of nitrogens with one attached hydrogen (secondary N) is 2. The lowest BCUT2D eigenvalue weighted by Gasteiger charge is -2.36. The molecule has 0 radical (unpaired) electrons. The molecular formula is C32H34N8. The van der Waals surface area contributed by atoms with Gasteiger partial charge < -0.3 is 16.4 Å². The Morgan fingerprint density at radius 2 is 1.80 bits per heavy atom. The van der Waals surface area contributed by atoms with Crippen LogP contribution in [0, 0.1) is 5.41 Å². The van der Waals surface area contributed by atoms with Gasteiger partial charge in [0, 0.05) is 41.3 Å². The van der Waals surface area contributed by atoms with E-state index >= 15 is 0 Å². The van der Waals surface area contributed by atoms with Crippen LogP contribution in [0.5, 0.6) is 0 Å². The summed E-state index contributed by atoms with van der Waals surface area (Å²) in [6.45, 7) is 5.64. The number of benzene rings is 1. The molecule has 2 fully saturated rings. The molecule has 0 spiro atoms. The van der Waals surface area contributed by atoms with Crippen molar-refractivity contribution < 1.29 is 0 Å². The summed E-state index contributed by atoms with van der Waals surface area (Å²) in [7, 11) is 0. The van der Waals surface area contributed by atoms with Crippen molar-refractivity contribution in [1.29, 1.82) is 0 Å². The number of nitrogens with two attached hydrogens (primary N) is 1. The number of piperidine rings is 1. The Bertz CT molecular complexity index is 1720. The highest BCUT2D eigenvalue weighted by Crippen LogP contribution is 2.41. The first kappa shape index (κ1) is 24.8. The molecule has 5 heterocycles. The Kier molecular flexibility index (Phi) is 6.08. The molecule has 1 atom stereocenters.